The molecular formula is C24H25ClN4O4. The molecule has 0 unspecified atom stereocenters. The Morgan fingerprint density at radius 2 is 2.06 bits per heavy atom. The molecule has 3 aromatic rings. The van der Waals surface area contributed by atoms with Crippen LogP contribution in [0.15, 0.2) is 47.1 Å². The molecule has 0 saturated heterocycles. The Bertz CT molecular complexity index is 1200. The van der Waals surface area contributed by atoms with Crippen LogP contribution in [0.4, 0.5) is 5.69 Å². The summed E-state index contributed by atoms with van der Waals surface area (Å²) < 4.78 is 12.3. The van der Waals surface area contributed by atoms with Gasteiger partial charge in [-0.05, 0) is 50.1 Å². The lowest BCUT2D eigenvalue weighted by Gasteiger charge is -2.43. The van der Waals surface area contributed by atoms with Gasteiger partial charge in [-0.1, -0.05) is 24.4 Å². The third-order valence-electron chi connectivity index (χ3n) is 6.50. The number of ether oxygens (including phenoxy) is 1. The van der Waals surface area contributed by atoms with Gasteiger partial charge in [-0.2, -0.15) is 5.10 Å². The number of nitrogens with one attached hydrogen (secondary N) is 1. The molecule has 3 heterocycles. The van der Waals surface area contributed by atoms with Crippen molar-refractivity contribution in [2.24, 2.45) is 0 Å². The SMILES string of the molecule is COc1ccc(N2C(=O)c3cc(-c4ccco4)nn3C[C@@]2(C)C(=O)NC2CCCC2)cc1Cl. The van der Waals surface area contributed by atoms with Gasteiger partial charge in [-0.15, -0.1) is 0 Å². The molecule has 2 aliphatic rings. The number of carbonyl (C=O) groups is 2. The number of anilines is 1. The van der Waals surface area contributed by atoms with Crippen molar-refractivity contribution in [3.8, 4) is 17.2 Å². The van der Waals surface area contributed by atoms with Crippen LogP contribution in [-0.2, 0) is 11.3 Å². The fourth-order valence-electron chi connectivity index (χ4n) is 4.74. The molecule has 0 spiro atoms. The minimum atomic E-state index is -1.21. The molecule has 2 amide bonds. The van der Waals surface area contributed by atoms with Crippen molar-refractivity contribution < 1.29 is 18.7 Å². The van der Waals surface area contributed by atoms with Crippen molar-refractivity contribution in [3.05, 3.63) is 53.4 Å². The topological polar surface area (TPSA) is 89.6 Å². The zero-order chi connectivity index (χ0) is 23.2. The first-order chi connectivity index (χ1) is 15.9. The van der Waals surface area contributed by atoms with E-state index >= 15 is 0 Å². The van der Waals surface area contributed by atoms with Crippen LogP contribution in [0, 0.1) is 0 Å². The predicted molar refractivity (Wildman–Crippen MR) is 124 cm³/mol. The number of halogens is 1. The number of hydrogen-bond donors (Lipinski definition) is 1. The summed E-state index contributed by atoms with van der Waals surface area (Å²) >= 11 is 6.39. The van der Waals surface area contributed by atoms with Crippen LogP contribution >= 0.6 is 11.6 Å². The average Bonchev–Trinajstić information content (AvgIpc) is 3.55. The van der Waals surface area contributed by atoms with Crippen LogP contribution in [0.3, 0.4) is 0 Å². The van der Waals surface area contributed by atoms with E-state index in [9.17, 15) is 9.59 Å². The van der Waals surface area contributed by atoms with Crippen LogP contribution in [0.5, 0.6) is 5.75 Å². The van der Waals surface area contributed by atoms with Crippen molar-refractivity contribution >= 4 is 29.1 Å². The molecule has 1 saturated carbocycles. The number of amides is 2. The Balaban J connectivity index is 1.59. The first kappa shape index (κ1) is 21.6. The van der Waals surface area contributed by atoms with E-state index in [4.69, 9.17) is 20.8 Å². The van der Waals surface area contributed by atoms with Crippen molar-refractivity contribution in [3.63, 3.8) is 0 Å². The summed E-state index contributed by atoms with van der Waals surface area (Å²) in [4.78, 5) is 29.0. The Kier molecular flexibility index (Phi) is 5.40. The summed E-state index contributed by atoms with van der Waals surface area (Å²) in [5.41, 5.74) is 0.217. The molecule has 1 atom stereocenters. The highest BCUT2D eigenvalue weighted by molar-refractivity contribution is 6.32. The van der Waals surface area contributed by atoms with Gasteiger partial charge in [0.15, 0.2) is 5.76 Å². The van der Waals surface area contributed by atoms with E-state index in [1.54, 1.807) is 54.3 Å². The quantitative estimate of drug-likeness (QED) is 0.603. The number of aromatic nitrogens is 2. The molecule has 1 N–H and O–H groups in total. The van der Waals surface area contributed by atoms with Crippen molar-refractivity contribution in [2.75, 3.05) is 12.0 Å². The third kappa shape index (κ3) is 3.68. The van der Waals surface area contributed by atoms with Gasteiger partial charge in [0.05, 0.1) is 24.9 Å². The highest BCUT2D eigenvalue weighted by Crippen LogP contribution is 2.37. The fraction of sp³-hybridized carbons (Fsp3) is 0.375. The van der Waals surface area contributed by atoms with Gasteiger partial charge in [0.25, 0.3) is 5.91 Å². The van der Waals surface area contributed by atoms with E-state index in [-0.39, 0.29) is 24.4 Å². The van der Waals surface area contributed by atoms with E-state index in [1.165, 1.54) is 12.0 Å². The summed E-state index contributed by atoms with van der Waals surface area (Å²) in [6.45, 7) is 1.96. The Morgan fingerprint density at radius 3 is 2.73 bits per heavy atom. The molecule has 8 nitrogen and oxygen atoms in total. The van der Waals surface area contributed by atoms with Gasteiger partial charge < -0.3 is 14.5 Å². The molecule has 9 heteroatoms. The van der Waals surface area contributed by atoms with Gasteiger partial charge in [-0.25, -0.2) is 0 Å². The molecule has 1 aromatic carbocycles. The number of methoxy groups -OCH3 is 1. The Morgan fingerprint density at radius 1 is 1.27 bits per heavy atom. The van der Waals surface area contributed by atoms with Gasteiger partial charge in [0.2, 0.25) is 5.91 Å². The van der Waals surface area contributed by atoms with Crippen LogP contribution in [0.25, 0.3) is 11.5 Å². The molecule has 1 aliphatic carbocycles. The number of rotatable bonds is 5. The molecule has 172 valence electrons. The summed E-state index contributed by atoms with van der Waals surface area (Å²) in [7, 11) is 1.53. The minimum absolute atomic E-state index is 0.114. The number of carbonyl (C=O) groups excluding carboxylic acids is 2. The van der Waals surface area contributed by atoms with E-state index < -0.39 is 5.54 Å². The normalized spacial score (nSPS) is 20.7. The molecule has 33 heavy (non-hydrogen) atoms. The molecular weight excluding hydrogens is 444 g/mol. The van der Waals surface area contributed by atoms with Crippen molar-refractivity contribution in [2.45, 2.75) is 50.7 Å². The first-order valence-corrected chi connectivity index (χ1v) is 11.4. The van der Waals surface area contributed by atoms with Gasteiger partial charge >= 0.3 is 0 Å². The molecule has 0 radical (unpaired) electrons. The maximum absolute atomic E-state index is 13.8. The maximum atomic E-state index is 13.8. The van der Waals surface area contributed by atoms with E-state index in [0.717, 1.165) is 25.7 Å². The highest BCUT2D eigenvalue weighted by atomic mass is 35.5. The first-order valence-electron chi connectivity index (χ1n) is 11.0. The highest BCUT2D eigenvalue weighted by Gasteiger charge is 2.49. The third-order valence-corrected chi connectivity index (χ3v) is 6.80. The second-order valence-electron chi connectivity index (χ2n) is 8.74. The number of benzene rings is 1. The lowest BCUT2D eigenvalue weighted by atomic mass is 9.93. The summed E-state index contributed by atoms with van der Waals surface area (Å²) in [5, 5.41) is 8.10. The summed E-state index contributed by atoms with van der Waals surface area (Å²) in [6.07, 6.45) is 5.63. The van der Waals surface area contributed by atoms with Crippen LogP contribution < -0.4 is 15.0 Å². The van der Waals surface area contributed by atoms with Gasteiger partial charge in [-0.3, -0.25) is 19.2 Å². The number of fused-ring (bicyclic) bond motifs is 1. The maximum Gasteiger partial charge on any atom is 0.277 e. The number of furan rings is 1. The summed E-state index contributed by atoms with van der Waals surface area (Å²) in [5.74, 6) is 0.500. The van der Waals surface area contributed by atoms with Crippen molar-refractivity contribution in [1.82, 2.24) is 15.1 Å². The zero-order valence-electron chi connectivity index (χ0n) is 18.5. The average molecular weight is 469 g/mol. The number of nitrogens with zero attached hydrogens (tertiary/aromatic N) is 3. The lowest BCUT2D eigenvalue weighted by molar-refractivity contribution is -0.127. The van der Waals surface area contributed by atoms with Crippen LogP contribution in [-0.4, -0.2) is 40.3 Å². The van der Waals surface area contributed by atoms with Crippen LogP contribution in [0.1, 0.15) is 43.1 Å². The van der Waals surface area contributed by atoms with E-state index in [1.807, 2.05) is 0 Å². The molecule has 2 aromatic heterocycles. The van der Waals surface area contributed by atoms with Gasteiger partial charge in [0.1, 0.15) is 22.7 Å². The minimum Gasteiger partial charge on any atom is -0.495 e. The van der Waals surface area contributed by atoms with Crippen molar-refractivity contribution in [1.29, 1.82) is 0 Å². The standard InChI is InChI=1S/C24H25ClN4O4/c1-24(23(31)26-15-6-3-4-7-15)14-28-19(13-18(27-28)21-8-5-11-33-21)22(30)29(24)16-9-10-20(32-2)17(25)12-16/h5,8-13,15H,3-4,6-7,14H2,1-2H3,(H,26,31)/t24-/m0/s1. The molecule has 5 rings (SSSR count). The molecule has 0 bridgehead atoms. The van der Waals surface area contributed by atoms with E-state index in [0.29, 0.717) is 33.6 Å². The van der Waals surface area contributed by atoms with E-state index in [2.05, 4.69) is 10.4 Å². The smallest absolute Gasteiger partial charge is 0.277 e. The zero-order valence-corrected chi connectivity index (χ0v) is 19.3. The van der Waals surface area contributed by atoms with Gasteiger partial charge in [0, 0.05) is 17.8 Å². The monoisotopic (exact) mass is 468 g/mol. The second-order valence-corrected chi connectivity index (χ2v) is 9.15. The second kappa shape index (κ2) is 8.26. The van der Waals surface area contributed by atoms with Crippen LogP contribution in [0.2, 0.25) is 5.02 Å². The summed E-state index contributed by atoms with van der Waals surface area (Å²) in [6, 6.07) is 10.4. The Hall–Kier alpha value is -3.26. The number of hydrogen-bond acceptors (Lipinski definition) is 5. The predicted octanol–water partition coefficient (Wildman–Crippen LogP) is 4.28. The molecule has 1 aliphatic heterocycles. The fourth-order valence-corrected chi connectivity index (χ4v) is 4.99. The Labute approximate surface area is 196 Å². The lowest BCUT2D eigenvalue weighted by Crippen LogP contribution is -2.65. The molecule has 1 fully saturated rings. The largest absolute Gasteiger partial charge is 0.495 e.